The number of pyridine rings is 1. The second-order valence-corrected chi connectivity index (χ2v) is 5.71. The zero-order valence-corrected chi connectivity index (χ0v) is 12.3. The average molecular weight is 299 g/mol. The molecule has 1 aromatic heterocycles. The van der Waals surface area contributed by atoms with Crippen LogP contribution in [0.4, 0.5) is 5.82 Å². The van der Waals surface area contributed by atoms with Gasteiger partial charge in [-0.05, 0) is 36.6 Å². The lowest BCUT2D eigenvalue weighted by atomic mass is 9.96. The monoisotopic (exact) mass is 299 g/mol. The van der Waals surface area contributed by atoms with Crippen LogP contribution in [-0.2, 0) is 20.8 Å². The first-order valence-electron chi connectivity index (χ1n) is 7.29. The highest BCUT2D eigenvalue weighted by molar-refractivity contribution is 5.94. The number of aromatic nitrogens is 1. The highest BCUT2D eigenvalue weighted by Gasteiger charge is 2.32. The minimum atomic E-state index is -0.0940. The normalized spacial score (nSPS) is 17.9. The Kier molecular flexibility index (Phi) is 3.75. The predicted octanol–water partition coefficient (Wildman–Crippen LogP) is 1.03. The van der Waals surface area contributed by atoms with Crippen LogP contribution in [0.25, 0.3) is 6.08 Å². The van der Waals surface area contributed by atoms with E-state index in [1.165, 1.54) is 6.08 Å². The summed E-state index contributed by atoms with van der Waals surface area (Å²) in [6.07, 6.45) is 5.97. The molecule has 0 unspecified atom stereocenters. The molecule has 3 rings (SSSR count). The molecule has 0 spiro atoms. The molecule has 22 heavy (non-hydrogen) atoms. The van der Waals surface area contributed by atoms with Crippen molar-refractivity contribution in [2.24, 2.45) is 5.92 Å². The van der Waals surface area contributed by atoms with Gasteiger partial charge in [-0.1, -0.05) is 0 Å². The first-order valence-corrected chi connectivity index (χ1v) is 7.29. The number of nitrogens with zero attached hydrogens (tertiary/aromatic N) is 2. The summed E-state index contributed by atoms with van der Waals surface area (Å²) in [7, 11) is 0. The molecule has 1 fully saturated rings. The maximum absolute atomic E-state index is 11.9. The fraction of sp³-hybridized carbons (Fsp3) is 0.375. The van der Waals surface area contributed by atoms with Crippen LogP contribution in [-0.4, -0.2) is 40.6 Å². The smallest absolute Gasteiger partial charge is 0.246 e. The first-order chi connectivity index (χ1) is 10.5. The maximum Gasteiger partial charge on any atom is 0.246 e. The molecule has 1 aromatic rings. The molecule has 114 valence electrons. The molecule has 2 amide bonds. The Balaban J connectivity index is 1.62. The van der Waals surface area contributed by atoms with E-state index in [2.05, 4.69) is 10.3 Å². The lowest BCUT2D eigenvalue weighted by Gasteiger charge is -2.37. The zero-order chi connectivity index (χ0) is 15.7. The highest BCUT2D eigenvalue weighted by atomic mass is 16.2. The van der Waals surface area contributed by atoms with Gasteiger partial charge in [0.05, 0.1) is 5.92 Å². The third-order valence-corrected chi connectivity index (χ3v) is 4.05. The fourth-order valence-corrected chi connectivity index (χ4v) is 2.55. The number of Topliss-reactive ketones (excluding diaryl/α,β-unsaturated/α-hetero) is 1. The van der Waals surface area contributed by atoms with E-state index in [9.17, 15) is 14.4 Å². The third kappa shape index (κ3) is 2.90. The van der Waals surface area contributed by atoms with E-state index in [-0.39, 0.29) is 23.5 Å². The number of hydrogen-bond acceptors (Lipinski definition) is 4. The molecule has 0 atom stereocenters. The standard InChI is InChI=1S/C16H17N3O3/c1-10(20)13-8-19(9-13)15(22)5-2-11-6-12-3-4-14(21)18-16(12)17-7-11/h2,5-7,13H,3-4,8-9H2,1H3,(H,17,18,21). The van der Waals surface area contributed by atoms with E-state index in [4.69, 9.17) is 0 Å². The fourth-order valence-electron chi connectivity index (χ4n) is 2.55. The van der Waals surface area contributed by atoms with E-state index >= 15 is 0 Å². The number of nitrogens with one attached hydrogen (secondary N) is 1. The Labute approximate surface area is 128 Å². The van der Waals surface area contributed by atoms with Crippen LogP contribution in [0.15, 0.2) is 18.3 Å². The Hall–Kier alpha value is -2.50. The second-order valence-electron chi connectivity index (χ2n) is 5.71. The molecule has 2 aliphatic heterocycles. The molecule has 6 heteroatoms. The summed E-state index contributed by atoms with van der Waals surface area (Å²) >= 11 is 0. The average Bonchev–Trinajstić information content (AvgIpc) is 2.43. The number of fused-ring (bicyclic) bond motifs is 1. The molecule has 1 saturated heterocycles. The summed E-state index contributed by atoms with van der Waals surface area (Å²) in [5.74, 6) is 0.618. The van der Waals surface area contributed by atoms with Crippen LogP contribution >= 0.6 is 0 Å². The van der Waals surface area contributed by atoms with E-state index < -0.39 is 0 Å². The van der Waals surface area contributed by atoms with Crippen molar-refractivity contribution in [2.45, 2.75) is 19.8 Å². The van der Waals surface area contributed by atoms with Gasteiger partial charge < -0.3 is 10.2 Å². The van der Waals surface area contributed by atoms with E-state index in [1.54, 1.807) is 24.1 Å². The predicted molar refractivity (Wildman–Crippen MR) is 81.0 cm³/mol. The maximum atomic E-state index is 11.9. The van der Waals surface area contributed by atoms with Gasteiger partial charge in [0.2, 0.25) is 11.8 Å². The topological polar surface area (TPSA) is 79.4 Å². The van der Waals surface area contributed by atoms with Crippen molar-refractivity contribution in [2.75, 3.05) is 18.4 Å². The largest absolute Gasteiger partial charge is 0.338 e. The Morgan fingerprint density at radius 2 is 2.14 bits per heavy atom. The van der Waals surface area contributed by atoms with Gasteiger partial charge in [-0.25, -0.2) is 4.98 Å². The molecule has 0 aromatic carbocycles. The number of carbonyl (C=O) groups excluding carboxylic acids is 3. The minimum absolute atomic E-state index is 0.00799. The Morgan fingerprint density at radius 1 is 1.36 bits per heavy atom. The van der Waals surface area contributed by atoms with Crippen molar-refractivity contribution < 1.29 is 14.4 Å². The number of carbonyl (C=O) groups is 3. The van der Waals surface area contributed by atoms with Gasteiger partial charge in [0.15, 0.2) is 0 Å². The van der Waals surface area contributed by atoms with Crippen molar-refractivity contribution >= 4 is 29.5 Å². The number of ketones is 1. The summed E-state index contributed by atoms with van der Waals surface area (Å²) in [6, 6.07) is 1.93. The molecule has 0 aliphatic carbocycles. The number of anilines is 1. The summed E-state index contributed by atoms with van der Waals surface area (Å²) in [5, 5.41) is 2.72. The van der Waals surface area contributed by atoms with Gasteiger partial charge in [0.25, 0.3) is 0 Å². The van der Waals surface area contributed by atoms with Gasteiger partial charge in [-0.3, -0.25) is 14.4 Å². The molecule has 0 bridgehead atoms. The van der Waals surface area contributed by atoms with E-state index in [0.29, 0.717) is 31.7 Å². The molecule has 1 N–H and O–H groups in total. The van der Waals surface area contributed by atoms with Crippen LogP contribution in [0.5, 0.6) is 0 Å². The van der Waals surface area contributed by atoms with Gasteiger partial charge in [0, 0.05) is 31.8 Å². The Bertz CT molecular complexity index is 675. The number of likely N-dealkylation sites (tertiary alicyclic amines) is 1. The molecule has 0 saturated carbocycles. The molecule has 0 radical (unpaired) electrons. The molecule has 6 nitrogen and oxygen atoms in total. The summed E-state index contributed by atoms with van der Waals surface area (Å²) in [4.78, 5) is 40.2. The highest BCUT2D eigenvalue weighted by Crippen LogP contribution is 2.22. The minimum Gasteiger partial charge on any atom is -0.338 e. The van der Waals surface area contributed by atoms with Gasteiger partial charge in [-0.15, -0.1) is 0 Å². The number of amides is 2. The van der Waals surface area contributed by atoms with Gasteiger partial charge in [0.1, 0.15) is 11.6 Å². The van der Waals surface area contributed by atoms with Crippen LogP contribution in [0.2, 0.25) is 0 Å². The zero-order valence-electron chi connectivity index (χ0n) is 12.3. The van der Waals surface area contributed by atoms with Gasteiger partial charge in [-0.2, -0.15) is 0 Å². The number of hydrogen-bond donors (Lipinski definition) is 1. The molecular weight excluding hydrogens is 282 g/mol. The summed E-state index contributed by atoms with van der Waals surface area (Å²) in [6.45, 7) is 2.57. The first kappa shape index (κ1) is 14.4. The van der Waals surface area contributed by atoms with Crippen LogP contribution in [0.1, 0.15) is 24.5 Å². The van der Waals surface area contributed by atoms with Crippen LogP contribution in [0.3, 0.4) is 0 Å². The quantitative estimate of drug-likeness (QED) is 0.845. The van der Waals surface area contributed by atoms with Crippen molar-refractivity contribution in [1.29, 1.82) is 0 Å². The van der Waals surface area contributed by atoms with Crippen molar-refractivity contribution in [3.63, 3.8) is 0 Å². The van der Waals surface area contributed by atoms with Crippen LogP contribution in [0, 0.1) is 5.92 Å². The third-order valence-electron chi connectivity index (χ3n) is 4.05. The lowest BCUT2D eigenvalue weighted by Crippen LogP contribution is -2.51. The van der Waals surface area contributed by atoms with Crippen molar-refractivity contribution in [3.05, 3.63) is 29.5 Å². The molecule has 2 aliphatic rings. The van der Waals surface area contributed by atoms with Crippen molar-refractivity contribution in [1.82, 2.24) is 9.88 Å². The van der Waals surface area contributed by atoms with E-state index in [0.717, 1.165) is 11.1 Å². The molecule has 3 heterocycles. The second kappa shape index (κ2) is 5.71. The number of aryl methyl sites for hydroxylation is 1. The van der Waals surface area contributed by atoms with E-state index in [1.807, 2.05) is 6.07 Å². The Morgan fingerprint density at radius 3 is 2.86 bits per heavy atom. The summed E-state index contributed by atoms with van der Waals surface area (Å²) in [5.41, 5.74) is 1.81. The molecular formula is C16H17N3O3. The van der Waals surface area contributed by atoms with Crippen molar-refractivity contribution in [3.8, 4) is 0 Å². The lowest BCUT2D eigenvalue weighted by molar-refractivity contribution is -0.137. The summed E-state index contributed by atoms with van der Waals surface area (Å²) < 4.78 is 0. The SMILES string of the molecule is CC(=O)C1CN(C(=O)C=Cc2cnc3c(c2)CCC(=O)N3)C1. The van der Waals surface area contributed by atoms with Crippen LogP contribution < -0.4 is 5.32 Å². The van der Waals surface area contributed by atoms with Gasteiger partial charge >= 0.3 is 0 Å². The number of rotatable bonds is 3.